The second-order valence-corrected chi connectivity index (χ2v) is 6.24. The van der Waals surface area contributed by atoms with Crippen molar-refractivity contribution < 1.29 is 9.90 Å². The second-order valence-electron chi connectivity index (χ2n) is 5.46. The molecule has 1 amide bonds. The zero-order valence-electron chi connectivity index (χ0n) is 10.8. The van der Waals surface area contributed by atoms with Crippen molar-refractivity contribution in [3.05, 3.63) is 22.4 Å². The van der Waals surface area contributed by atoms with Crippen molar-refractivity contribution in [2.24, 2.45) is 5.41 Å². The molecule has 2 unspecified atom stereocenters. The monoisotopic (exact) mass is 267 g/mol. The summed E-state index contributed by atoms with van der Waals surface area (Å²) in [7, 11) is 0. The smallest absolute Gasteiger partial charge is 0.220 e. The molecule has 1 heterocycles. The highest BCUT2D eigenvalue weighted by Crippen LogP contribution is 2.37. The average Bonchev–Trinajstić information content (AvgIpc) is 2.98. The Kier molecular flexibility index (Phi) is 4.40. The van der Waals surface area contributed by atoms with E-state index in [2.05, 4.69) is 23.7 Å². The van der Waals surface area contributed by atoms with Crippen LogP contribution < -0.4 is 5.32 Å². The summed E-state index contributed by atoms with van der Waals surface area (Å²) in [5.41, 5.74) is 1.10. The van der Waals surface area contributed by atoms with Crippen LogP contribution in [-0.2, 0) is 11.2 Å². The Morgan fingerprint density at radius 1 is 1.67 bits per heavy atom. The molecule has 1 fully saturated rings. The number of hydrogen-bond donors (Lipinski definition) is 2. The van der Waals surface area contributed by atoms with E-state index < -0.39 is 0 Å². The van der Waals surface area contributed by atoms with E-state index >= 15 is 0 Å². The maximum absolute atomic E-state index is 11.9. The molecule has 4 heteroatoms. The fraction of sp³-hybridized carbons (Fsp3) is 0.643. The number of rotatable bonds is 5. The lowest BCUT2D eigenvalue weighted by Gasteiger charge is -2.30. The van der Waals surface area contributed by atoms with Crippen molar-refractivity contribution in [3.8, 4) is 0 Å². The molecule has 1 saturated carbocycles. The highest BCUT2D eigenvalue weighted by molar-refractivity contribution is 7.07. The molecular weight excluding hydrogens is 246 g/mol. The van der Waals surface area contributed by atoms with Crippen molar-refractivity contribution in [2.75, 3.05) is 6.61 Å². The summed E-state index contributed by atoms with van der Waals surface area (Å²) in [4.78, 5) is 11.9. The molecule has 1 aromatic heterocycles. The van der Waals surface area contributed by atoms with Gasteiger partial charge in [-0.15, -0.1) is 0 Å². The first-order valence-corrected chi connectivity index (χ1v) is 7.50. The van der Waals surface area contributed by atoms with Crippen LogP contribution in [0, 0.1) is 5.41 Å². The van der Waals surface area contributed by atoms with Crippen molar-refractivity contribution in [2.45, 2.75) is 45.1 Å². The zero-order chi connectivity index (χ0) is 13.0. The van der Waals surface area contributed by atoms with Crippen LogP contribution in [0.2, 0.25) is 0 Å². The third-order valence-electron chi connectivity index (χ3n) is 4.00. The number of amides is 1. The quantitative estimate of drug-likeness (QED) is 0.860. The molecule has 0 radical (unpaired) electrons. The van der Waals surface area contributed by atoms with E-state index in [-0.39, 0.29) is 24.0 Å². The van der Waals surface area contributed by atoms with Gasteiger partial charge in [0.2, 0.25) is 5.91 Å². The third-order valence-corrected chi connectivity index (χ3v) is 4.73. The fourth-order valence-electron chi connectivity index (χ4n) is 2.63. The number of thiophene rings is 1. The molecule has 0 bridgehead atoms. The van der Waals surface area contributed by atoms with Gasteiger partial charge >= 0.3 is 0 Å². The molecule has 1 aromatic rings. The van der Waals surface area contributed by atoms with E-state index in [1.807, 2.05) is 5.38 Å². The second kappa shape index (κ2) is 5.85. The maximum atomic E-state index is 11.9. The molecule has 18 heavy (non-hydrogen) atoms. The van der Waals surface area contributed by atoms with Gasteiger partial charge in [0.05, 0.1) is 6.61 Å². The molecule has 0 spiro atoms. The first-order chi connectivity index (χ1) is 8.64. The van der Waals surface area contributed by atoms with E-state index in [0.717, 1.165) is 25.7 Å². The number of aryl methyl sites for hydroxylation is 1. The van der Waals surface area contributed by atoms with Gasteiger partial charge in [-0.1, -0.05) is 13.3 Å². The summed E-state index contributed by atoms with van der Waals surface area (Å²) in [6.45, 7) is 2.21. The molecule has 1 aliphatic rings. The first-order valence-electron chi connectivity index (χ1n) is 6.55. The Balaban J connectivity index is 1.80. The van der Waals surface area contributed by atoms with Crippen LogP contribution in [0.3, 0.4) is 0 Å². The van der Waals surface area contributed by atoms with E-state index in [0.29, 0.717) is 6.42 Å². The summed E-state index contributed by atoms with van der Waals surface area (Å²) in [5.74, 6) is 0.104. The van der Waals surface area contributed by atoms with E-state index in [1.165, 1.54) is 5.56 Å². The van der Waals surface area contributed by atoms with E-state index in [1.54, 1.807) is 11.3 Å². The van der Waals surface area contributed by atoms with Crippen LogP contribution in [-0.4, -0.2) is 23.7 Å². The number of hydrogen-bond acceptors (Lipinski definition) is 3. The van der Waals surface area contributed by atoms with Gasteiger partial charge in [0.1, 0.15) is 0 Å². The van der Waals surface area contributed by atoms with Gasteiger partial charge in [0, 0.05) is 17.9 Å². The number of nitrogens with one attached hydrogen (secondary N) is 1. The van der Waals surface area contributed by atoms with E-state index in [9.17, 15) is 9.90 Å². The van der Waals surface area contributed by atoms with Crippen LogP contribution in [0.1, 0.15) is 38.2 Å². The Hall–Kier alpha value is -0.870. The Labute approximate surface area is 112 Å². The van der Waals surface area contributed by atoms with Gasteiger partial charge in [-0.2, -0.15) is 11.3 Å². The summed E-state index contributed by atoms with van der Waals surface area (Å²) in [5, 5.41) is 16.6. The normalized spacial score (nSPS) is 27.3. The van der Waals surface area contributed by atoms with Gasteiger partial charge in [-0.05, 0) is 41.7 Å². The molecule has 2 N–H and O–H groups in total. The lowest BCUT2D eigenvalue weighted by atomic mass is 9.85. The molecule has 2 rings (SSSR count). The molecule has 2 atom stereocenters. The standard InChI is InChI=1S/C14H21NO2S/c1-14(10-16)7-2-3-12(14)15-13(17)5-4-11-6-8-18-9-11/h6,8-9,12,16H,2-5,7,10H2,1H3,(H,15,17). The number of aliphatic hydroxyl groups excluding tert-OH is 1. The number of carbonyl (C=O) groups excluding carboxylic acids is 1. The minimum Gasteiger partial charge on any atom is -0.396 e. The average molecular weight is 267 g/mol. The largest absolute Gasteiger partial charge is 0.396 e. The number of aliphatic hydroxyl groups is 1. The van der Waals surface area contributed by atoms with Gasteiger partial charge in [-0.25, -0.2) is 0 Å². The Morgan fingerprint density at radius 2 is 2.50 bits per heavy atom. The summed E-state index contributed by atoms with van der Waals surface area (Å²) < 4.78 is 0. The first kappa shape index (κ1) is 13.6. The molecule has 0 aliphatic heterocycles. The predicted molar refractivity (Wildman–Crippen MR) is 73.6 cm³/mol. The lowest BCUT2D eigenvalue weighted by molar-refractivity contribution is -0.122. The summed E-state index contributed by atoms with van der Waals surface area (Å²) in [6.07, 6.45) is 4.42. The van der Waals surface area contributed by atoms with Crippen LogP contribution in [0.4, 0.5) is 0 Å². The van der Waals surface area contributed by atoms with Gasteiger partial charge in [-0.3, -0.25) is 4.79 Å². The van der Waals surface area contributed by atoms with Crippen LogP contribution >= 0.6 is 11.3 Å². The van der Waals surface area contributed by atoms with Crippen LogP contribution in [0.5, 0.6) is 0 Å². The predicted octanol–water partition coefficient (Wildman–Crippen LogP) is 2.35. The molecule has 0 saturated heterocycles. The highest BCUT2D eigenvalue weighted by Gasteiger charge is 2.38. The minimum absolute atomic E-state index is 0.104. The van der Waals surface area contributed by atoms with Crippen LogP contribution in [0.25, 0.3) is 0 Å². The Morgan fingerprint density at radius 3 is 3.17 bits per heavy atom. The third kappa shape index (κ3) is 3.12. The molecule has 3 nitrogen and oxygen atoms in total. The van der Waals surface area contributed by atoms with Gasteiger partial charge in [0.25, 0.3) is 0 Å². The van der Waals surface area contributed by atoms with Crippen LogP contribution in [0.15, 0.2) is 16.8 Å². The molecule has 1 aliphatic carbocycles. The van der Waals surface area contributed by atoms with Crippen molar-refractivity contribution in [1.29, 1.82) is 0 Å². The van der Waals surface area contributed by atoms with Crippen molar-refractivity contribution in [1.82, 2.24) is 5.32 Å². The lowest BCUT2D eigenvalue weighted by Crippen LogP contribution is -2.44. The molecule has 0 aromatic carbocycles. The SMILES string of the molecule is CC1(CO)CCCC1NC(=O)CCc1ccsc1. The Bertz CT molecular complexity index is 391. The fourth-order valence-corrected chi connectivity index (χ4v) is 3.33. The van der Waals surface area contributed by atoms with Gasteiger partial charge < -0.3 is 10.4 Å². The molecule has 100 valence electrons. The number of carbonyl (C=O) groups is 1. The topological polar surface area (TPSA) is 49.3 Å². The van der Waals surface area contributed by atoms with Crippen molar-refractivity contribution >= 4 is 17.2 Å². The summed E-state index contributed by atoms with van der Waals surface area (Å²) >= 11 is 1.66. The van der Waals surface area contributed by atoms with Crippen molar-refractivity contribution in [3.63, 3.8) is 0 Å². The summed E-state index contributed by atoms with van der Waals surface area (Å²) in [6, 6.07) is 2.20. The maximum Gasteiger partial charge on any atom is 0.220 e. The van der Waals surface area contributed by atoms with Gasteiger partial charge in [0.15, 0.2) is 0 Å². The highest BCUT2D eigenvalue weighted by atomic mass is 32.1. The zero-order valence-corrected chi connectivity index (χ0v) is 11.6. The van der Waals surface area contributed by atoms with E-state index in [4.69, 9.17) is 0 Å². The minimum atomic E-state index is -0.127. The molecular formula is C14H21NO2S.